The lowest BCUT2D eigenvalue weighted by Gasteiger charge is -2.34. The van der Waals surface area contributed by atoms with Crippen molar-refractivity contribution in [2.45, 2.75) is 19.2 Å². The van der Waals surface area contributed by atoms with Crippen LogP contribution in [0.15, 0.2) is 42.5 Å². The number of halogens is 3. The highest BCUT2D eigenvalue weighted by Gasteiger charge is 2.35. The van der Waals surface area contributed by atoms with Crippen LogP contribution in [0.3, 0.4) is 0 Å². The zero-order valence-corrected chi connectivity index (χ0v) is 15.8. The van der Waals surface area contributed by atoms with E-state index in [9.17, 15) is 26.4 Å². The Balaban J connectivity index is 1.82. The van der Waals surface area contributed by atoms with E-state index in [-0.39, 0.29) is 18.0 Å². The molecule has 28 heavy (non-hydrogen) atoms. The number of hydrogen-bond donors (Lipinski definition) is 1. The Hall–Kier alpha value is -2.75. The fourth-order valence-corrected chi connectivity index (χ4v) is 3.68. The Morgan fingerprint density at radius 1 is 1.18 bits per heavy atom. The van der Waals surface area contributed by atoms with Crippen molar-refractivity contribution < 1.29 is 31.1 Å². The van der Waals surface area contributed by atoms with Gasteiger partial charge >= 0.3 is 6.18 Å². The number of rotatable bonds is 3. The summed E-state index contributed by atoms with van der Waals surface area (Å²) >= 11 is 0. The predicted octanol–water partition coefficient (Wildman–Crippen LogP) is 3.18. The van der Waals surface area contributed by atoms with Gasteiger partial charge in [-0.15, -0.1) is 0 Å². The maximum atomic E-state index is 12.6. The Kier molecular flexibility index (Phi) is 5.00. The van der Waals surface area contributed by atoms with Crippen molar-refractivity contribution in [1.82, 2.24) is 0 Å². The average Bonchev–Trinajstić information content (AvgIpc) is 2.59. The number of hydrogen-bond acceptors (Lipinski definition) is 4. The normalized spacial score (nSPS) is 16.9. The molecular weight excluding hydrogens is 397 g/mol. The van der Waals surface area contributed by atoms with E-state index in [1.54, 1.807) is 25.1 Å². The number of sulfonamides is 1. The van der Waals surface area contributed by atoms with E-state index < -0.39 is 33.8 Å². The van der Waals surface area contributed by atoms with E-state index in [4.69, 9.17) is 4.74 Å². The Labute approximate surface area is 160 Å². The number of aryl methyl sites for hydroxylation is 1. The van der Waals surface area contributed by atoms with Crippen molar-refractivity contribution in [1.29, 1.82) is 0 Å². The fourth-order valence-electron chi connectivity index (χ4n) is 2.78. The molecule has 150 valence electrons. The molecule has 0 aliphatic carbocycles. The molecule has 1 aliphatic heterocycles. The van der Waals surface area contributed by atoms with Crippen molar-refractivity contribution in [2.75, 3.05) is 22.4 Å². The van der Waals surface area contributed by atoms with Gasteiger partial charge in [0.2, 0.25) is 10.0 Å². The quantitative estimate of drug-likeness (QED) is 0.837. The third-order valence-corrected chi connectivity index (χ3v) is 5.30. The first-order valence-electron chi connectivity index (χ1n) is 8.18. The standard InChI is InChI=1S/C18H17F3N2O4S/c1-11-3-8-15-14(9-11)23(28(2,25)26)10-16(27-15)17(24)22-13-6-4-12(5-7-13)18(19,20)21/h3-9,16H,10H2,1-2H3,(H,22,24). The molecule has 1 atom stereocenters. The Bertz CT molecular complexity index is 1000. The van der Waals surface area contributed by atoms with Gasteiger partial charge in [-0.2, -0.15) is 13.2 Å². The lowest BCUT2D eigenvalue weighted by Crippen LogP contribution is -2.48. The SMILES string of the molecule is Cc1ccc2c(c1)N(S(C)(=O)=O)CC(C(=O)Nc1ccc(C(F)(F)F)cc1)O2. The van der Waals surface area contributed by atoms with Gasteiger partial charge in [0, 0.05) is 5.69 Å². The minimum atomic E-state index is -4.48. The third-order valence-electron chi connectivity index (χ3n) is 4.16. The van der Waals surface area contributed by atoms with Crippen molar-refractivity contribution in [3.63, 3.8) is 0 Å². The summed E-state index contributed by atoms with van der Waals surface area (Å²) < 4.78 is 68.9. The predicted molar refractivity (Wildman–Crippen MR) is 97.9 cm³/mol. The van der Waals surface area contributed by atoms with Crippen LogP contribution >= 0.6 is 0 Å². The fraction of sp³-hybridized carbons (Fsp3) is 0.278. The van der Waals surface area contributed by atoms with Gasteiger partial charge < -0.3 is 10.1 Å². The molecule has 10 heteroatoms. The maximum absolute atomic E-state index is 12.6. The monoisotopic (exact) mass is 414 g/mol. The molecule has 1 unspecified atom stereocenters. The molecule has 0 aromatic heterocycles. The van der Waals surface area contributed by atoms with Crippen LogP contribution in [-0.4, -0.2) is 33.2 Å². The van der Waals surface area contributed by atoms with Crippen LogP contribution in [0.4, 0.5) is 24.5 Å². The molecule has 0 bridgehead atoms. The number of anilines is 2. The number of fused-ring (bicyclic) bond motifs is 1. The summed E-state index contributed by atoms with van der Waals surface area (Å²) in [6, 6.07) is 8.86. The van der Waals surface area contributed by atoms with E-state index in [0.717, 1.165) is 40.4 Å². The van der Waals surface area contributed by atoms with Crippen LogP contribution in [-0.2, 0) is 21.0 Å². The number of ether oxygens (including phenoxy) is 1. The molecule has 1 N–H and O–H groups in total. The molecule has 0 fully saturated rings. The molecule has 1 aliphatic rings. The summed E-state index contributed by atoms with van der Waals surface area (Å²) in [7, 11) is -3.67. The van der Waals surface area contributed by atoms with Gasteiger partial charge in [0.05, 0.1) is 24.1 Å². The number of benzene rings is 2. The first-order chi connectivity index (χ1) is 12.9. The van der Waals surface area contributed by atoms with Gasteiger partial charge in [0.1, 0.15) is 5.75 Å². The zero-order valence-electron chi connectivity index (χ0n) is 14.9. The highest BCUT2D eigenvalue weighted by Crippen LogP contribution is 2.36. The molecule has 0 saturated carbocycles. The number of carbonyl (C=O) groups excluding carboxylic acids is 1. The summed E-state index contributed by atoms with van der Waals surface area (Å²) in [4.78, 5) is 12.5. The minimum absolute atomic E-state index is 0.141. The van der Waals surface area contributed by atoms with Gasteiger partial charge in [-0.25, -0.2) is 8.42 Å². The zero-order chi connectivity index (χ0) is 20.7. The van der Waals surface area contributed by atoms with Crippen molar-refractivity contribution in [3.05, 3.63) is 53.6 Å². The minimum Gasteiger partial charge on any atom is -0.476 e. The van der Waals surface area contributed by atoms with Crippen LogP contribution in [0, 0.1) is 6.92 Å². The highest BCUT2D eigenvalue weighted by atomic mass is 32.2. The number of nitrogens with one attached hydrogen (secondary N) is 1. The number of nitrogens with zero attached hydrogens (tertiary/aromatic N) is 1. The van der Waals surface area contributed by atoms with Crippen molar-refractivity contribution in [2.24, 2.45) is 0 Å². The first-order valence-corrected chi connectivity index (χ1v) is 10.0. The summed E-state index contributed by atoms with van der Waals surface area (Å²) in [6.07, 6.45) is -4.62. The highest BCUT2D eigenvalue weighted by molar-refractivity contribution is 7.92. The number of alkyl halides is 3. The summed E-state index contributed by atoms with van der Waals surface area (Å²) in [5.41, 5.74) is 0.457. The molecule has 2 aromatic rings. The Morgan fingerprint density at radius 2 is 1.82 bits per heavy atom. The van der Waals surface area contributed by atoms with Crippen LogP contribution in [0.5, 0.6) is 5.75 Å². The van der Waals surface area contributed by atoms with E-state index >= 15 is 0 Å². The first kappa shape index (κ1) is 20.0. The van der Waals surface area contributed by atoms with E-state index in [1.807, 2.05) is 0 Å². The molecule has 1 amide bonds. The van der Waals surface area contributed by atoms with Crippen LogP contribution in [0.25, 0.3) is 0 Å². The average molecular weight is 414 g/mol. The van der Waals surface area contributed by atoms with Gasteiger partial charge in [0.25, 0.3) is 5.91 Å². The molecule has 6 nitrogen and oxygen atoms in total. The molecule has 1 heterocycles. The second-order valence-corrected chi connectivity index (χ2v) is 8.34. The van der Waals surface area contributed by atoms with Crippen molar-refractivity contribution in [3.8, 4) is 5.75 Å². The summed E-state index contributed by atoms with van der Waals surface area (Å²) in [6.45, 7) is 1.55. The van der Waals surface area contributed by atoms with E-state index in [2.05, 4.69) is 5.32 Å². The molecule has 2 aromatic carbocycles. The second kappa shape index (κ2) is 7.01. The third kappa shape index (κ3) is 4.22. The summed E-state index contributed by atoms with van der Waals surface area (Å²) in [5, 5.41) is 2.45. The van der Waals surface area contributed by atoms with Crippen LogP contribution in [0.1, 0.15) is 11.1 Å². The molecule has 0 spiro atoms. The van der Waals surface area contributed by atoms with Gasteiger partial charge in [-0.05, 0) is 48.9 Å². The largest absolute Gasteiger partial charge is 0.476 e. The van der Waals surface area contributed by atoms with Crippen LogP contribution in [0.2, 0.25) is 0 Å². The topological polar surface area (TPSA) is 75.7 Å². The van der Waals surface area contributed by atoms with Crippen molar-refractivity contribution >= 4 is 27.3 Å². The number of carbonyl (C=O) groups is 1. The maximum Gasteiger partial charge on any atom is 0.416 e. The van der Waals surface area contributed by atoms with E-state index in [0.29, 0.717) is 5.69 Å². The van der Waals surface area contributed by atoms with Gasteiger partial charge in [-0.3, -0.25) is 9.10 Å². The Morgan fingerprint density at radius 3 is 2.39 bits per heavy atom. The molecule has 0 radical (unpaired) electrons. The number of amides is 1. The van der Waals surface area contributed by atoms with Crippen LogP contribution < -0.4 is 14.4 Å². The van der Waals surface area contributed by atoms with Gasteiger partial charge in [0.15, 0.2) is 6.10 Å². The molecular formula is C18H17F3N2O4S. The second-order valence-electron chi connectivity index (χ2n) is 6.44. The van der Waals surface area contributed by atoms with E-state index in [1.165, 1.54) is 0 Å². The lowest BCUT2D eigenvalue weighted by molar-refractivity contribution is -0.137. The smallest absolute Gasteiger partial charge is 0.416 e. The van der Waals surface area contributed by atoms with Gasteiger partial charge in [-0.1, -0.05) is 6.07 Å². The molecule has 0 saturated heterocycles. The molecule has 3 rings (SSSR count). The summed E-state index contributed by atoms with van der Waals surface area (Å²) in [5.74, 6) is -0.436. The lowest BCUT2D eigenvalue weighted by atomic mass is 10.1.